The summed E-state index contributed by atoms with van der Waals surface area (Å²) in [5.74, 6) is -0.0620. The van der Waals surface area contributed by atoms with Crippen molar-refractivity contribution in [1.82, 2.24) is 5.32 Å². The van der Waals surface area contributed by atoms with Gasteiger partial charge in [0.2, 0.25) is 5.91 Å². The van der Waals surface area contributed by atoms with E-state index in [-0.39, 0.29) is 10.8 Å². The zero-order valence-corrected chi connectivity index (χ0v) is 16.9. The Labute approximate surface area is 161 Å². The molecule has 1 atom stereocenters. The number of ether oxygens (including phenoxy) is 1. The second kappa shape index (κ2) is 9.15. The van der Waals surface area contributed by atoms with Crippen molar-refractivity contribution in [3.05, 3.63) is 65.7 Å². The highest BCUT2D eigenvalue weighted by Crippen LogP contribution is 2.28. The molecule has 6 heteroatoms. The molecule has 0 spiro atoms. The first-order valence-corrected chi connectivity index (χ1v) is 10.9. The molecular formula is C21H27NO4S. The monoisotopic (exact) mass is 389 g/mol. The predicted octanol–water partition coefficient (Wildman–Crippen LogP) is 3.09. The number of nitrogens with one attached hydrogen (secondary N) is 1. The van der Waals surface area contributed by atoms with Gasteiger partial charge in [0.05, 0.1) is 11.4 Å². The van der Waals surface area contributed by atoms with E-state index in [1.807, 2.05) is 37.3 Å². The van der Waals surface area contributed by atoms with Crippen LogP contribution >= 0.6 is 0 Å². The summed E-state index contributed by atoms with van der Waals surface area (Å²) in [6.45, 7) is 2.43. The minimum Gasteiger partial charge on any atom is -0.372 e. The van der Waals surface area contributed by atoms with E-state index in [0.717, 1.165) is 17.5 Å². The molecule has 1 amide bonds. The number of hydrogen-bond acceptors (Lipinski definition) is 4. The van der Waals surface area contributed by atoms with E-state index in [9.17, 15) is 13.2 Å². The van der Waals surface area contributed by atoms with E-state index in [0.29, 0.717) is 19.4 Å². The summed E-state index contributed by atoms with van der Waals surface area (Å²) < 4.78 is 28.7. The Balaban J connectivity index is 1.93. The molecule has 5 nitrogen and oxygen atoms in total. The van der Waals surface area contributed by atoms with Crippen molar-refractivity contribution >= 4 is 15.7 Å². The van der Waals surface area contributed by atoms with Crippen LogP contribution in [0.25, 0.3) is 0 Å². The number of methoxy groups -OCH3 is 1. The van der Waals surface area contributed by atoms with Crippen LogP contribution in [0.4, 0.5) is 0 Å². The van der Waals surface area contributed by atoms with Gasteiger partial charge in [-0.05, 0) is 36.1 Å². The quantitative estimate of drug-likeness (QED) is 0.715. The second-order valence-corrected chi connectivity index (χ2v) is 8.63. The minimum absolute atomic E-state index is 0.0620. The average Bonchev–Trinajstić information content (AvgIpc) is 2.68. The maximum atomic E-state index is 12.3. The van der Waals surface area contributed by atoms with Crippen LogP contribution in [0.3, 0.4) is 0 Å². The fraction of sp³-hybridized carbons (Fsp3) is 0.381. The van der Waals surface area contributed by atoms with Crippen molar-refractivity contribution in [3.63, 3.8) is 0 Å². The molecule has 2 aromatic rings. The lowest BCUT2D eigenvalue weighted by Gasteiger charge is -2.32. The molecule has 0 aromatic heterocycles. The van der Waals surface area contributed by atoms with Crippen LogP contribution in [0, 0.1) is 0 Å². The van der Waals surface area contributed by atoms with Gasteiger partial charge in [-0.2, -0.15) is 0 Å². The molecule has 0 aliphatic heterocycles. The smallest absolute Gasteiger partial charge is 0.220 e. The normalized spacial score (nSPS) is 13.7. The lowest BCUT2D eigenvalue weighted by Crippen LogP contribution is -2.42. The molecule has 0 radical (unpaired) electrons. The minimum atomic E-state index is -3.20. The van der Waals surface area contributed by atoms with E-state index < -0.39 is 15.4 Å². The number of amides is 1. The maximum Gasteiger partial charge on any atom is 0.220 e. The topological polar surface area (TPSA) is 72.5 Å². The summed E-state index contributed by atoms with van der Waals surface area (Å²) in [6.07, 6.45) is 2.79. The largest absolute Gasteiger partial charge is 0.372 e. The van der Waals surface area contributed by atoms with Crippen molar-refractivity contribution in [2.75, 3.05) is 19.9 Å². The van der Waals surface area contributed by atoms with Crippen LogP contribution in [0.2, 0.25) is 0 Å². The first-order chi connectivity index (χ1) is 12.8. The van der Waals surface area contributed by atoms with Crippen molar-refractivity contribution in [2.45, 2.75) is 36.7 Å². The third kappa shape index (κ3) is 5.65. The average molecular weight is 390 g/mol. The molecule has 0 aliphatic carbocycles. The van der Waals surface area contributed by atoms with Crippen LogP contribution in [-0.4, -0.2) is 34.2 Å². The molecular weight excluding hydrogens is 362 g/mol. The molecule has 27 heavy (non-hydrogen) atoms. The number of carbonyl (C=O) groups excluding carboxylic acids is 1. The molecule has 0 saturated carbocycles. The fourth-order valence-electron chi connectivity index (χ4n) is 3.00. The van der Waals surface area contributed by atoms with Gasteiger partial charge in [0.1, 0.15) is 5.60 Å². The van der Waals surface area contributed by atoms with E-state index in [1.54, 1.807) is 31.4 Å². The lowest BCUT2D eigenvalue weighted by atomic mass is 9.90. The van der Waals surface area contributed by atoms with Crippen LogP contribution in [0.15, 0.2) is 59.5 Å². The third-order valence-corrected chi connectivity index (χ3v) is 5.95. The number of sulfone groups is 1. The van der Waals surface area contributed by atoms with E-state index in [2.05, 4.69) is 5.32 Å². The summed E-state index contributed by atoms with van der Waals surface area (Å²) in [6, 6.07) is 16.5. The highest BCUT2D eigenvalue weighted by atomic mass is 32.2. The first-order valence-electron chi connectivity index (χ1n) is 8.97. The molecule has 146 valence electrons. The van der Waals surface area contributed by atoms with Gasteiger partial charge in [-0.15, -0.1) is 0 Å². The fourth-order valence-corrected chi connectivity index (χ4v) is 3.63. The highest BCUT2D eigenvalue weighted by Gasteiger charge is 2.30. The second-order valence-electron chi connectivity index (χ2n) is 6.61. The standard InChI is InChI=1S/C21H27NO4S/c1-4-21(26-2,18-8-6-5-7-9-18)16-22-20(23)15-12-17-10-13-19(14-11-17)27(3,24)25/h5-11,13-14H,4,12,15-16H2,1-3H3,(H,22,23). The predicted molar refractivity (Wildman–Crippen MR) is 106 cm³/mol. The molecule has 2 rings (SSSR count). The van der Waals surface area contributed by atoms with E-state index in [1.165, 1.54) is 6.26 Å². The summed E-state index contributed by atoms with van der Waals surface area (Å²) >= 11 is 0. The van der Waals surface area contributed by atoms with Crippen molar-refractivity contribution in [3.8, 4) is 0 Å². The zero-order chi connectivity index (χ0) is 19.9. The van der Waals surface area contributed by atoms with Crippen LogP contribution < -0.4 is 5.32 Å². The number of rotatable bonds is 9. The van der Waals surface area contributed by atoms with Gasteiger partial charge < -0.3 is 10.1 Å². The van der Waals surface area contributed by atoms with Gasteiger partial charge in [0.15, 0.2) is 9.84 Å². The maximum absolute atomic E-state index is 12.3. The van der Waals surface area contributed by atoms with Gasteiger partial charge in [0, 0.05) is 19.8 Å². The zero-order valence-electron chi connectivity index (χ0n) is 16.1. The summed E-state index contributed by atoms with van der Waals surface area (Å²) in [5, 5.41) is 2.97. The Morgan fingerprint density at radius 3 is 2.22 bits per heavy atom. The molecule has 2 aromatic carbocycles. The summed E-state index contributed by atoms with van der Waals surface area (Å²) in [5.41, 5.74) is 1.41. The van der Waals surface area contributed by atoms with Gasteiger partial charge >= 0.3 is 0 Å². The third-order valence-electron chi connectivity index (χ3n) is 4.83. The van der Waals surface area contributed by atoms with E-state index >= 15 is 0 Å². The Kier molecular flexibility index (Phi) is 7.16. The van der Waals surface area contributed by atoms with Gasteiger partial charge in [-0.25, -0.2) is 8.42 Å². The molecule has 0 bridgehead atoms. The Hall–Kier alpha value is -2.18. The van der Waals surface area contributed by atoms with Crippen LogP contribution in [-0.2, 0) is 31.4 Å². The van der Waals surface area contributed by atoms with Gasteiger partial charge in [0.25, 0.3) is 0 Å². The molecule has 0 saturated heterocycles. The Morgan fingerprint density at radius 1 is 1.07 bits per heavy atom. The van der Waals surface area contributed by atoms with Crippen molar-refractivity contribution < 1.29 is 17.9 Å². The van der Waals surface area contributed by atoms with Crippen LogP contribution in [0.5, 0.6) is 0 Å². The van der Waals surface area contributed by atoms with E-state index in [4.69, 9.17) is 4.74 Å². The molecule has 0 heterocycles. The summed E-state index contributed by atoms with van der Waals surface area (Å²) in [4.78, 5) is 12.6. The molecule has 0 aliphatic rings. The Bertz CT molecular complexity index is 842. The molecule has 1 N–H and O–H groups in total. The van der Waals surface area contributed by atoms with Crippen LogP contribution in [0.1, 0.15) is 30.9 Å². The Morgan fingerprint density at radius 2 is 1.70 bits per heavy atom. The van der Waals surface area contributed by atoms with Gasteiger partial charge in [-0.1, -0.05) is 49.4 Å². The molecule has 1 unspecified atom stereocenters. The number of benzene rings is 2. The number of carbonyl (C=O) groups is 1. The summed E-state index contributed by atoms with van der Waals surface area (Å²) in [7, 11) is -1.54. The number of hydrogen-bond donors (Lipinski definition) is 1. The van der Waals surface area contributed by atoms with Gasteiger partial charge in [-0.3, -0.25) is 4.79 Å². The van der Waals surface area contributed by atoms with Crippen molar-refractivity contribution in [2.24, 2.45) is 0 Å². The first kappa shape index (κ1) is 21.1. The highest BCUT2D eigenvalue weighted by molar-refractivity contribution is 7.90. The SMILES string of the molecule is CCC(CNC(=O)CCc1ccc(S(C)(=O)=O)cc1)(OC)c1ccccc1. The number of aryl methyl sites for hydroxylation is 1. The lowest BCUT2D eigenvalue weighted by molar-refractivity contribution is -0.123. The van der Waals surface area contributed by atoms with Crippen molar-refractivity contribution in [1.29, 1.82) is 0 Å². The molecule has 0 fully saturated rings.